The number of benzene rings is 1. The van der Waals surface area contributed by atoms with Gasteiger partial charge >= 0.3 is 0 Å². The number of thioether (sulfide) groups is 1. The van der Waals surface area contributed by atoms with Crippen LogP contribution in [0.1, 0.15) is 18.9 Å². The van der Waals surface area contributed by atoms with Crippen molar-refractivity contribution in [2.75, 3.05) is 6.26 Å². The molecule has 1 aromatic carbocycles. The van der Waals surface area contributed by atoms with E-state index in [1.807, 2.05) is 55.7 Å². The largest absolute Gasteiger partial charge is 0.248 e. The minimum Gasteiger partial charge on any atom is -0.244 e. The molecule has 0 aliphatic heterocycles. The monoisotopic (exact) mass is 333 g/mol. The lowest BCUT2D eigenvalue weighted by Crippen LogP contribution is -2.38. The number of allylic oxidation sites excluding steroid dienone is 2. The SMILES string of the molecule is CSC1=CC(C)(S(=O)(=O)n2ccc3cccc(C)c32)CC=C1. The average Bonchev–Trinajstić information content (AvgIpc) is 2.93. The molecule has 1 atom stereocenters. The van der Waals surface area contributed by atoms with E-state index in [1.54, 1.807) is 24.9 Å². The molecule has 0 radical (unpaired) electrons. The number of aromatic nitrogens is 1. The van der Waals surface area contributed by atoms with Crippen molar-refractivity contribution in [3.8, 4) is 0 Å². The summed E-state index contributed by atoms with van der Waals surface area (Å²) in [5.74, 6) is 0. The van der Waals surface area contributed by atoms with Crippen LogP contribution in [0.25, 0.3) is 10.9 Å². The molecule has 3 rings (SSSR count). The number of aryl methyl sites for hydroxylation is 1. The Hall–Kier alpha value is -1.46. The third-order valence-corrected chi connectivity index (χ3v) is 7.23. The van der Waals surface area contributed by atoms with E-state index < -0.39 is 14.8 Å². The van der Waals surface area contributed by atoms with Crippen molar-refractivity contribution in [1.82, 2.24) is 3.97 Å². The van der Waals surface area contributed by atoms with Gasteiger partial charge in [0.15, 0.2) is 0 Å². The zero-order valence-electron chi connectivity index (χ0n) is 12.9. The van der Waals surface area contributed by atoms with Gasteiger partial charge in [-0.1, -0.05) is 30.4 Å². The Bertz CT molecular complexity index is 891. The van der Waals surface area contributed by atoms with Crippen molar-refractivity contribution in [1.29, 1.82) is 0 Å². The second-order valence-electron chi connectivity index (χ2n) is 5.80. The molecule has 0 amide bonds. The molecule has 1 heterocycles. The fraction of sp³-hybridized carbons (Fsp3) is 0.294. The molecule has 1 unspecified atom stereocenters. The summed E-state index contributed by atoms with van der Waals surface area (Å²) in [4.78, 5) is 0.991. The minimum absolute atomic E-state index is 0.491. The van der Waals surface area contributed by atoms with Gasteiger partial charge in [-0.05, 0) is 44.2 Å². The molecular formula is C17H19NO2S2. The number of nitrogens with zero attached hydrogens (tertiary/aromatic N) is 1. The Morgan fingerprint density at radius 3 is 2.77 bits per heavy atom. The molecule has 1 aliphatic carbocycles. The summed E-state index contributed by atoms with van der Waals surface area (Å²) in [6.07, 6.45) is 9.93. The summed E-state index contributed by atoms with van der Waals surface area (Å²) in [5, 5.41) is 0.951. The van der Waals surface area contributed by atoms with Crippen LogP contribution in [0, 0.1) is 6.92 Å². The van der Waals surface area contributed by atoms with Gasteiger partial charge in [0.25, 0.3) is 0 Å². The first-order chi connectivity index (χ1) is 10.4. The van der Waals surface area contributed by atoms with Gasteiger partial charge in [-0.3, -0.25) is 0 Å². The highest BCUT2D eigenvalue weighted by Crippen LogP contribution is 2.35. The van der Waals surface area contributed by atoms with E-state index in [4.69, 9.17) is 0 Å². The molecule has 0 saturated carbocycles. The summed E-state index contributed by atoms with van der Waals surface area (Å²) in [6.45, 7) is 3.74. The molecule has 116 valence electrons. The van der Waals surface area contributed by atoms with Gasteiger partial charge in [0.2, 0.25) is 10.0 Å². The van der Waals surface area contributed by atoms with Crippen molar-refractivity contribution in [3.63, 3.8) is 0 Å². The Balaban J connectivity index is 2.21. The summed E-state index contributed by atoms with van der Waals surface area (Å²) < 4.78 is 27.1. The first-order valence-electron chi connectivity index (χ1n) is 7.14. The molecule has 0 bridgehead atoms. The van der Waals surface area contributed by atoms with Crippen LogP contribution < -0.4 is 0 Å². The lowest BCUT2D eigenvalue weighted by atomic mass is 10.0. The summed E-state index contributed by atoms with van der Waals surface area (Å²) in [5.41, 5.74) is 1.74. The van der Waals surface area contributed by atoms with Crippen LogP contribution in [-0.2, 0) is 10.0 Å². The van der Waals surface area contributed by atoms with E-state index in [0.29, 0.717) is 6.42 Å². The third kappa shape index (κ3) is 2.23. The van der Waals surface area contributed by atoms with Crippen molar-refractivity contribution < 1.29 is 8.42 Å². The van der Waals surface area contributed by atoms with Crippen LogP contribution in [0.15, 0.2) is 53.6 Å². The molecule has 5 heteroatoms. The molecule has 3 nitrogen and oxygen atoms in total. The van der Waals surface area contributed by atoms with Gasteiger partial charge in [-0.15, -0.1) is 11.8 Å². The molecule has 1 aliphatic rings. The van der Waals surface area contributed by atoms with Gasteiger partial charge in [-0.25, -0.2) is 12.4 Å². The Labute approximate surface area is 135 Å². The van der Waals surface area contributed by atoms with Crippen LogP contribution in [-0.4, -0.2) is 23.4 Å². The second kappa shape index (κ2) is 5.32. The van der Waals surface area contributed by atoms with E-state index >= 15 is 0 Å². The highest BCUT2D eigenvalue weighted by Gasteiger charge is 2.39. The maximum atomic E-state index is 13.3. The summed E-state index contributed by atoms with van der Waals surface area (Å²) in [6, 6.07) is 7.70. The predicted molar refractivity (Wildman–Crippen MR) is 94.8 cm³/mol. The van der Waals surface area contributed by atoms with Crippen LogP contribution in [0.3, 0.4) is 0 Å². The zero-order chi connectivity index (χ0) is 16.0. The topological polar surface area (TPSA) is 39.1 Å². The first kappa shape index (κ1) is 15.4. The molecule has 22 heavy (non-hydrogen) atoms. The van der Waals surface area contributed by atoms with Crippen LogP contribution >= 0.6 is 11.8 Å². The second-order valence-corrected chi connectivity index (χ2v) is 8.96. The molecule has 2 aromatic rings. The van der Waals surface area contributed by atoms with Crippen LogP contribution in [0.5, 0.6) is 0 Å². The highest BCUT2D eigenvalue weighted by molar-refractivity contribution is 8.02. The van der Waals surface area contributed by atoms with Gasteiger partial charge in [-0.2, -0.15) is 0 Å². The van der Waals surface area contributed by atoms with Gasteiger partial charge < -0.3 is 0 Å². The number of hydrogen-bond acceptors (Lipinski definition) is 3. The normalized spacial score (nSPS) is 22.0. The number of fused-ring (bicyclic) bond motifs is 1. The number of para-hydroxylation sites is 1. The summed E-state index contributed by atoms with van der Waals surface area (Å²) in [7, 11) is -3.53. The van der Waals surface area contributed by atoms with E-state index in [0.717, 1.165) is 21.4 Å². The maximum absolute atomic E-state index is 13.3. The smallest absolute Gasteiger partial charge is 0.244 e. The van der Waals surface area contributed by atoms with Crippen molar-refractivity contribution in [2.45, 2.75) is 25.0 Å². The Kier molecular flexibility index (Phi) is 3.73. The Morgan fingerprint density at radius 2 is 2.05 bits per heavy atom. The first-order valence-corrected chi connectivity index (χ1v) is 9.81. The van der Waals surface area contributed by atoms with Crippen molar-refractivity contribution in [3.05, 3.63) is 59.2 Å². The van der Waals surface area contributed by atoms with E-state index in [9.17, 15) is 8.42 Å². The molecule has 0 saturated heterocycles. The van der Waals surface area contributed by atoms with Gasteiger partial charge in [0, 0.05) is 16.5 Å². The predicted octanol–water partition coefficient (Wildman–Crippen LogP) is 4.09. The van der Waals surface area contributed by atoms with E-state index in [2.05, 4.69) is 0 Å². The van der Waals surface area contributed by atoms with E-state index in [-0.39, 0.29) is 0 Å². The zero-order valence-corrected chi connectivity index (χ0v) is 14.5. The standard InChI is InChI=1S/C17H19NO2S2/c1-13-6-4-7-14-9-11-18(16(13)14)22(19,20)17(2)10-5-8-15(12-17)21-3/h4-9,11-12H,10H2,1-3H3. The maximum Gasteiger partial charge on any atom is 0.248 e. The van der Waals surface area contributed by atoms with Gasteiger partial charge in [0.1, 0.15) is 4.75 Å². The molecule has 1 aromatic heterocycles. The van der Waals surface area contributed by atoms with Crippen LogP contribution in [0.4, 0.5) is 0 Å². The quantitative estimate of drug-likeness (QED) is 0.849. The lowest BCUT2D eigenvalue weighted by molar-refractivity contribution is 0.554. The minimum atomic E-state index is -3.53. The third-order valence-electron chi connectivity index (χ3n) is 4.22. The fourth-order valence-electron chi connectivity index (χ4n) is 2.89. The van der Waals surface area contributed by atoms with Gasteiger partial charge in [0.05, 0.1) is 5.52 Å². The van der Waals surface area contributed by atoms with E-state index in [1.165, 1.54) is 3.97 Å². The Morgan fingerprint density at radius 1 is 1.27 bits per heavy atom. The lowest BCUT2D eigenvalue weighted by Gasteiger charge is -2.29. The van der Waals surface area contributed by atoms with Crippen LogP contribution in [0.2, 0.25) is 0 Å². The molecule has 0 fully saturated rings. The number of hydrogen-bond donors (Lipinski definition) is 0. The molecule has 0 N–H and O–H groups in total. The summed E-state index contributed by atoms with van der Waals surface area (Å²) >= 11 is 1.57. The number of rotatable bonds is 3. The highest BCUT2D eigenvalue weighted by atomic mass is 32.2. The van der Waals surface area contributed by atoms with Crippen molar-refractivity contribution in [2.24, 2.45) is 0 Å². The van der Waals surface area contributed by atoms with Crippen molar-refractivity contribution >= 4 is 32.7 Å². The molecular weight excluding hydrogens is 314 g/mol. The average molecular weight is 333 g/mol. The molecule has 0 spiro atoms. The fourth-order valence-corrected chi connectivity index (χ4v) is 5.32.